The number of aromatic nitrogens is 2. The second kappa shape index (κ2) is 7.19. The van der Waals surface area contributed by atoms with Gasteiger partial charge in [0, 0.05) is 17.9 Å². The van der Waals surface area contributed by atoms with Gasteiger partial charge in [0.2, 0.25) is 5.91 Å². The number of aromatic amines is 1. The molecule has 136 valence electrons. The van der Waals surface area contributed by atoms with Crippen LogP contribution in [0, 0.1) is 0 Å². The number of fused-ring (bicyclic) bond motifs is 1. The van der Waals surface area contributed by atoms with Crippen LogP contribution >= 0.6 is 0 Å². The number of H-pyrrole nitrogens is 1. The van der Waals surface area contributed by atoms with Crippen LogP contribution in [0.5, 0.6) is 0 Å². The van der Waals surface area contributed by atoms with E-state index in [1.54, 1.807) is 4.90 Å². The standard InChI is InChI=1S/C19H22N4O3/c24-18(11-17-15-3-1-2-4-16(15)21-22-17)20-14-7-5-13(6-8-14)12-23-9-10-26-19(23)25/h5-8H,1-4,9-12H2,(H,20,24)(H,21,22). The third-order valence-electron chi connectivity index (χ3n) is 4.93. The molecular formula is C19H22N4O3. The number of amides is 2. The lowest BCUT2D eigenvalue weighted by molar-refractivity contribution is -0.115. The van der Waals surface area contributed by atoms with Gasteiger partial charge >= 0.3 is 6.09 Å². The number of anilines is 1. The van der Waals surface area contributed by atoms with Gasteiger partial charge in [0.1, 0.15) is 6.61 Å². The normalized spacial score (nSPS) is 16.3. The van der Waals surface area contributed by atoms with Gasteiger partial charge in [-0.1, -0.05) is 12.1 Å². The number of rotatable bonds is 5. The van der Waals surface area contributed by atoms with E-state index < -0.39 is 0 Å². The maximum atomic E-state index is 12.3. The summed E-state index contributed by atoms with van der Waals surface area (Å²) in [6, 6.07) is 7.54. The quantitative estimate of drug-likeness (QED) is 0.863. The summed E-state index contributed by atoms with van der Waals surface area (Å²) in [5, 5.41) is 10.3. The first-order chi connectivity index (χ1) is 12.7. The van der Waals surface area contributed by atoms with E-state index in [1.807, 2.05) is 24.3 Å². The van der Waals surface area contributed by atoms with E-state index in [4.69, 9.17) is 4.74 Å². The molecule has 7 heteroatoms. The lowest BCUT2D eigenvalue weighted by Gasteiger charge is -2.13. The van der Waals surface area contributed by atoms with Gasteiger partial charge in [-0.15, -0.1) is 0 Å². The van der Waals surface area contributed by atoms with Crippen molar-refractivity contribution in [1.82, 2.24) is 15.1 Å². The minimum absolute atomic E-state index is 0.0688. The number of carbonyl (C=O) groups excluding carboxylic acids is 2. The summed E-state index contributed by atoms with van der Waals surface area (Å²) in [5.41, 5.74) is 5.01. The van der Waals surface area contributed by atoms with Gasteiger partial charge in [-0.25, -0.2) is 4.79 Å². The van der Waals surface area contributed by atoms with Crippen molar-refractivity contribution in [3.8, 4) is 0 Å². The zero-order chi connectivity index (χ0) is 17.9. The molecule has 0 atom stereocenters. The largest absolute Gasteiger partial charge is 0.448 e. The molecule has 0 bridgehead atoms. The fraction of sp³-hybridized carbons (Fsp3) is 0.421. The number of hydrogen-bond donors (Lipinski definition) is 2. The molecular weight excluding hydrogens is 332 g/mol. The van der Waals surface area contributed by atoms with E-state index in [9.17, 15) is 9.59 Å². The summed E-state index contributed by atoms with van der Waals surface area (Å²) in [5.74, 6) is -0.0688. The van der Waals surface area contributed by atoms with Gasteiger partial charge in [-0.05, 0) is 48.9 Å². The molecule has 1 aliphatic heterocycles. The highest BCUT2D eigenvalue weighted by molar-refractivity contribution is 5.92. The molecule has 1 aromatic carbocycles. The van der Waals surface area contributed by atoms with E-state index in [0.29, 0.717) is 19.7 Å². The van der Waals surface area contributed by atoms with Crippen LogP contribution in [0.1, 0.15) is 35.4 Å². The van der Waals surface area contributed by atoms with Crippen molar-refractivity contribution < 1.29 is 14.3 Å². The van der Waals surface area contributed by atoms with Crippen molar-refractivity contribution in [1.29, 1.82) is 0 Å². The average molecular weight is 354 g/mol. The van der Waals surface area contributed by atoms with Gasteiger partial charge < -0.3 is 15.0 Å². The topological polar surface area (TPSA) is 87.3 Å². The van der Waals surface area contributed by atoms with Crippen molar-refractivity contribution in [2.45, 2.75) is 38.6 Å². The van der Waals surface area contributed by atoms with Crippen molar-refractivity contribution >= 4 is 17.7 Å². The number of ether oxygens (including phenoxy) is 1. The Hall–Kier alpha value is -2.83. The van der Waals surface area contributed by atoms with Crippen LogP contribution in [0.3, 0.4) is 0 Å². The van der Waals surface area contributed by atoms with E-state index >= 15 is 0 Å². The summed E-state index contributed by atoms with van der Waals surface area (Å²) >= 11 is 0. The first-order valence-corrected chi connectivity index (χ1v) is 9.04. The van der Waals surface area contributed by atoms with E-state index in [-0.39, 0.29) is 18.4 Å². The van der Waals surface area contributed by atoms with Crippen LogP contribution in [-0.4, -0.2) is 40.2 Å². The molecule has 1 aromatic heterocycles. The van der Waals surface area contributed by atoms with Crippen LogP contribution in [0.25, 0.3) is 0 Å². The van der Waals surface area contributed by atoms with E-state index in [2.05, 4.69) is 15.5 Å². The molecule has 1 aliphatic carbocycles. The Bertz CT molecular complexity index is 813. The maximum Gasteiger partial charge on any atom is 0.410 e. The van der Waals surface area contributed by atoms with Crippen LogP contribution in [-0.2, 0) is 35.3 Å². The van der Waals surface area contributed by atoms with Crippen molar-refractivity contribution in [2.24, 2.45) is 0 Å². The van der Waals surface area contributed by atoms with E-state index in [1.165, 1.54) is 17.7 Å². The molecule has 0 radical (unpaired) electrons. The number of nitrogens with zero attached hydrogens (tertiary/aromatic N) is 2. The molecule has 2 aliphatic rings. The molecule has 26 heavy (non-hydrogen) atoms. The van der Waals surface area contributed by atoms with Crippen LogP contribution in [0.15, 0.2) is 24.3 Å². The van der Waals surface area contributed by atoms with Crippen LogP contribution in [0.2, 0.25) is 0 Å². The van der Waals surface area contributed by atoms with Crippen molar-refractivity contribution in [3.05, 3.63) is 46.8 Å². The third-order valence-corrected chi connectivity index (χ3v) is 4.93. The molecule has 1 saturated heterocycles. The molecule has 2 amide bonds. The number of nitrogens with one attached hydrogen (secondary N) is 2. The maximum absolute atomic E-state index is 12.3. The summed E-state index contributed by atoms with van der Waals surface area (Å²) in [6.07, 6.45) is 4.38. The fourth-order valence-corrected chi connectivity index (χ4v) is 3.54. The van der Waals surface area contributed by atoms with E-state index in [0.717, 1.165) is 36.2 Å². The molecule has 0 saturated carbocycles. The Kier molecular flexibility index (Phi) is 4.60. The van der Waals surface area contributed by atoms with Gasteiger partial charge in [-0.2, -0.15) is 5.10 Å². The van der Waals surface area contributed by atoms with Gasteiger partial charge in [0.25, 0.3) is 0 Å². The number of hydrogen-bond acceptors (Lipinski definition) is 4. The molecule has 2 heterocycles. The summed E-state index contributed by atoms with van der Waals surface area (Å²) < 4.78 is 4.92. The Morgan fingerprint density at radius 2 is 2.04 bits per heavy atom. The first kappa shape index (κ1) is 16.6. The monoisotopic (exact) mass is 354 g/mol. The number of carbonyl (C=O) groups is 2. The zero-order valence-corrected chi connectivity index (χ0v) is 14.6. The second-order valence-corrected chi connectivity index (χ2v) is 6.79. The van der Waals surface area contributed by atoms with Gasteiger partial charge in [-0.3, -0.25) is 9.89 Å². The third kappa shape index (κ3) is 3.56. The Morgan fingerprint density at radius 3 is 2.81 bits per heavy atom. The molecule has 1 fully saturated rings. The van der Waals surface area contributed by atoms with Gasteiger partial charge in [0.15, 0.2) is 0 Å². The number of benzene rings is 1. The molecule has 0 spiro atoms. The highest BCUT2D eigenvalue weighted by atomic mass is 16.6. The minimum atomic E-state index is -0.273. The molecule has 7 nitrogen and oxygen atoms in total. The zero-order valence-electron chi connectivity index (χ0n) is 14.6. The molecule has 4 rings (SSSR count). The lowest BCUT2D eigenvalue weighted by atomic mass is 9.95. The highest BCUT2D eigenvalue weighted by Gasteiger charge is 2.22. The smallest absolute Gasteiger partial charge is 0.410 e. The Labute approximate surface area is 151 Å². The van der Waals surface area contributed by atoms with Crippen LogP contribution in [0.4, 0.5) is 10.5 Å². The number of aryl methyl sites for hydroxylation is 1. The molecule has 2 aromatic rings. The van der Waals surface area contributed by atoms with Gasteiger partial charge in [0.05, 0.1) is 18.7 Å². The SMILES string of the molecule is O=C(Cc1n[nH]c2c1CCCC2)Nc1ccc(CN2CCOC2=O)cc1. The predicted molar refractivity (Wildman–Crippen MR) is 95.8 cm³/mol. The number of cyclic esters (lactones) is 1. The molecule has 0 unspecified atom stereocenters. The fourth-order valence-electron chi connectivity index (χ4n) is 3.54. The summed E-state index contributed by atoms with van der Waals surface area (Å²) in [7, 11) is 0. The Balaban J connectivity index is 1.34. The predicted octanol–water partition coefficient (Wildman–Crippen LogP) is 2.42. The lowest BCUT2D eigenvalue weighted by Crippen LogP contribution is -2.23. The Morgan fingerprint density at radius 1 is 1.23 bits per heavy atom. The average Bonchev–Trinajstić information content (AvgIpc) is 3.23. The minimum Gasteiger partial charge on any atom is -0.448 e. The van der Waals surface area contributed by atoms with Crippen LogP contribution < -0.4 is 5.32 Å². The summed E-state index contributed by atoms with van der Waals surface area (Å²) in [4.78, 5) is 25.5. The molecule has 2 N–H and O–H groups in total. The van der Waals surface area contributed by atoms with Crippen molar-refractivity contribution in [3.63, 3.8) is 0 Å². The van der Waals surface area contributed by atoms with Crippen molar-refractivity contribution in [2.75, 3.05) is 18.5 Å². The highest BCUT2D eigenvalue weighted by Crippen LogP contribution is 2.22. The summed E-state index contributed by atoms with van der Waals surface area (Å²) in [6.45, 7) is 1.58. The second-order valence-electron chi connectivity index (χ2n) is 6.79. The first-order valence-electron chi connectivity index (χ1n) is 9.04.